The highest BCUT2D eigenvalue weighted by Gasteiger charge is 2.31. The lowest BCUT2D eigenvalue weighted by Gasteiger charge is -2.29. The summed E-state index contributed by atoms with van der Waals surface area (Å²) in [5.41, 5.74) is 11.9. The molecule has 0 aliphatic heterocycles. The predicted octanol–water partition coefficient (Wildman–Crippen LogP) is 6.02. The monoisotopic (exact) mass is 370 g/mol. The Morgan fingerprint density at radius 2 is 1.33 bits per heavy atom. The van der Waals surface area contributed by atoms with E-state index in [1.54, 1.807) is 0 Å². The first-order valence-electron chi connectivity index (χ1n) is 9.09. The molecule has 27 heavy (non-hydrogen) atoms. The first-order chi connectivity index (χ1) is 13.1. The van der Waals surface area contributed by atoms with Crippen LogP contribution in [0.3, 0.4) is 0 Å². The van der Waals surface area contributed by atoms with Gasteiger partial charge < -0.3 is 10.3 Å². The zero-order valence-electron chi connectivity index (χ0n) is 14.8. The van der Waals surface area contributed by atoms with Crippen LogP contribution in [0.4, 0.5) is 0 Å². The minimum absolute atomic E-state index is 0.575. The Kier molecular flexibility index (Phi) is 3.71. The van der Waals surface area contributed by atoms with Crippen LogP contribution in [0.5, 0.6) is 0 Å². The number of fused-ring (bicyclic) bond motifs is 3. The van der Waals surface area contributed by atoms with Crippen LogP contribution in [0.25, 0.3) is 33.1 Å². The fourth-order valence-corrected chi connectivity index (χ4v) is 4.23. The van der Waals surface area contributed by atoms with Gasteiger partial charge in [-0.25, -0.2) is 0 Å². The summed E-state index contributed by atoms with van der Waals surface area (Å²) in [6.07, 6.45) is 4.84. The Hall–Kier alpha value is -2.81. The van der Waals surface area contributed by atoms with Gasteiger partial charge in [0.25, 0.3) is 0 Å². The van der Waals surface area contributed by atoms with Gasteiger partial charge in [-0.3, -0.25) is 0 Å². The summed E-state index contributed by atoms with van der Waals surface area (Å²) in [4.78, 5) is -0.899. The van der Waals surface area contributed by atoms with Gasteiger partial charge in [0.05, 0.1) is 11.0 Å². The molecule has 132 valence electrons. The third kappa shape index (κ3) is 2.61. The Morgan fingerprint density at radius 1 is 0.778 bits per heavy atom. The molecule has 0 saturated heterocycles. The van der Waals surface area contributed by atoms with Crippen LogP contribution in [0.2, 0.25) is 0 Å². The fraction of sp³-hybridized carbons (Fsp3) is 0.0833. The Balaban J connectivity index is 1.78. The van der Waals surface area contributed by atoms with E-state index < -0.39 is 5.00 Å². The van der Waals surface area contributed by atoms with E-state index in [9.17, 15) is 0 Å². The van der Waals surface area contributed by atoms with Gasteiger partial charge >= 0.3 is 0 Å². The van der Waals surface area contributed by atoms with E-state index in [0.29, 0.717) is 6.42 Å². The van der Waals surface area contributed by atoms with E-state index in [2.05, 4.69) is 77.4 Å². The lowest BCUT2D eigenvalue weighted by Crippen LogP contribution is -2.35. The number of aromatic nitrogens is 1. The lowest BCUT2D eigenvalue weighted by atomic mass is 9.91. The summed E-state index contributed by atoms with van der Waals surface area (Å²) in [5, 5.41) is 2.50. The largest absolute Gasteiger partial charge is 0.310 e. The maximum Gasteiger partial charge on any atom is 0.121 e. The van der Waals surface area contributed by atoms with Gasteiger partial charge in [-0.05, 0) is 29.3 Å². The van der Waals surface area contributed by atoms with Crippen molar-refractivity contribution in [2.45, 2.75) is 11.4 Å². The first kappa shape index (κ1) is 16.4. The molecule has 0 saturated carbocycles. The van der Waals surface area contributed by atoms with Crippen molar-refractivity contribution in [1.82, 2.24) is 4.57 Å². The highest BCUT2D eigenvalue weighted by Crippen LogP contribution is 2.40. The number of nitrogens with zero attached hydrogens (tertiary/aromatic N) is 1. The van der Waals surface area contributed by atoms with Gasteiger partial charge in [-0.15, -0.1) is 0 Å². The second kappa shape index (κ2) is 6.12. The maximum atomic E-state index is 6.69. The number of hydrogen-bond acceptors (Lipinski definition) is 1. The molecule has 0 radical (unpaired) electrons. The molecule has 1 atom stereocenters. The topological polar surface area (TPSA) is 30.9 Å². The molecular weight excluding hydrogens is 352 g/mol. The van der Waals surface area contributed by atoms with Crippen molar-refractivity contribution in [3.05, 3.63) is 96.6 Å². The molecule has 2 nitrogen and oxygen atoms in total. The van der Waals surface area contributed by atoms with Crippen molar-refractivity contribution in [2.75, 3.05) is 0 Å². The summed E-state index contributed by atoms with van der Waals surface area (Å²) in [7, 11) is 0. The summed E-state index contributed by atoms with van der Waals surface area (Å²) in [6.45, 7) is 0. The number of hydrogen-bond donors (Lipinski definition) is 1. The molecule has 2 N–H and O–H groups in total. The van der Waals surface area contributed by atoms with Gasteiger partial charge in [0.1, 0.15) is 5.00 Å². The average molecular weight is 371 g/mol. The predicted molar refractivity (Wildman–Crippen MR) is 116 cm³/mol. The van der Waals surface area contributed by atoms with Crippen LogP contribution < -0.4 is 5.73 Å². The second-order valence-corrected chi connectivity index (χ2v) is 7.66. The number of para-hydroxylation sites is 2. The molecule has 1 aromatic heterocycles. The number of benzene rings is 3. The van der Waals surface area contributed by atoms with Gasteiger partial charge in [0.15, 0.2) is 0 Å². The van der Waals surface area contributed by atoms with Crippen molar-refractivity contribution in [3.63, 3.8) is 0 Å². The average Bonchev–Trinajstić information content (AvgIpc) is 3.03. The van der Waals surface area contributed by atoms with Crippen LogP contribution in [-0.2, 0) is 0 Å². The van der Waals surface area contributed by atoms with E-state index in [1.165, 1.54) is 21.8 Å². The highest BCUT2D eigenvalue weighted by molar-refractivity contribution is 6.30. The number of alkyl halides is 1. The van der Waals surface area contributed by atoms with Gasteiger partial charge in [-0.1, -0.05) is 84.4 Å². The lowest BCUT2D eigenvalue weighted by molar-refractivity contribution is 0.761. The van der Waals surface area contributed by atoms with E-state index in [4.69, 9.17) is 17.3 Å². The Morgan fingerprint density at radius 3 is 1.96 bits per heavy atom. The summed E-state index contributed by atoms with van der Waals surface area (Å²) in [5.74, 6) is 0. The highest BCUT2D eigenvalue weighted by atomic mass is 35.5. The standard InChI is InChI=1S/C24H19ClN2/c25-24(26)15-14-18(16-21(24)17-8-2-1-3-9-17)27-22-12-6-4-10-19(22)20-11-5-7-13-23(20)27/h1-14,16H,15,26H2. The molecule has 0 amide bonds. The molecule has 3 aromatic carbocycles. The van der Waals surface area contributed by atoms with Crippen molar-refractivity contribution < 1.29 is 0 Å². The summed E-state index contributed by atoms with van der Waals surface area (Å²) < 4.78 is 2.31. The molecule has 4 aromatic rings. The molecule has 3 heteroatoms. The third-order valence-corrected chi connectivity index (χ3v) is 5.63. The minimum atomic E-state index is -0.899. The number of allylic oxidation sites excluding steroid dienone is 2. The van der Waals surface area contributed by atoms with Crippen molar-refractivity contribution in [2.24, 2.45) is 5.73 Å². The van der Waals surface area contributed by atoms with E-state index >= 15 is 0 Å². The van der Waals surface area contributed by atoms with Crippen molar-refractivity contribution in [3.8, 4) is 0 Å². The zero-order valence-corrected chi connectivity index (χ0v) is 15.5. The molecular formula is C24H19ClN2. The molecule has 0 fully saturated rings. The SMILES string of the molecule is NC1(Cl)CC=C(n2c3ccccc3c3ccccc32)C=C1c1ccccc1. The number of halogens is 1. The molecule has 5 rings (SSSR count). The molecule has 0 spiro atoms. The number of nitrogens with two attached hydrogens (primary N) is 1. The Labute approximate surface area is 163 Å². The molecule has 1 aliphatic carbocycles. The maximum absolute atomic E-state index is 6.69. The summed E-state index contributed by atoms with van der Waals surface area (Å²) >= 11 is 6.69. The van der Waals surface area contributed by atoms with Gasteiger partial charge in [-0.2, -0.15) is 0 Å². The van der Waals surface area contributed by atoms with E-state index in [0.717, 1.165) is 16.8 Å². The quantitative estimate of drug-likeness (QED) is 0.339. The zero-order chi connectivity index (χ0) is 18.4. The number of rotatable bonds is 2. The molecule has 1 heterocycles. The van der Waals surface area contributed by atoms with Crippen LogP contribution in [0.1, 0.15) is 12.0 Å². The fourth-order valence-electron chi connectivity index (χ4n) is 3.99. The molecule has 1 unspecified atom stereocenters. The van der Waals surface area contributed by atoms with Gasteiger partial charge in [0.2, 0.25) is 0 Å². The van der Waals surface area contributed by atoms with Gasteiger partial charge in [0, 0.05) is 22.9 Å². The van der Waals surface area contributed by atoms with E-state index in [1.807, 2.05) is 18.2 Å². The van der Waals surface area contributed by atoms with Crippen LogP contribution in [-0.4, -0.2) is 9.57 Å². The van der Waals surface area contributed by atoms with Crippen molar-refractivity contribution in [1.29, 1.82) is 0 Å². The van der Waals surface area contributed by atoms with Crippen LogP contribution in [0, 0.1) is 0 Å². The van der Waals surface area contributed by atoms with Crippen LogP contribution >= 0.6 is 11.6 Å². The molecule has 0 bridgehead atoms. The first-order valence-corrected chi connectivity index (χ1v) is 9.47. The Bertz CT molecular complexity index is 1160. The van der Waals surface area contributed by atoms with Crippen molar-refractivity contribution >= 4 is 44.7 Å². The molecule has 1 aliphatic rings. The smallest absolute Gasteiger partial charge is 0.121 e. The van der Waals surface area contributed by atoms with E-state index in [-0.39, 0.29) is 0 Å². The second-order valence-electron chi connectivity index (χ2n) is 6.99. The third-order valence-electron chi connectivity index (χ3n) is 5.27. The normalized spacial score (nSPS) is 19.9. The van der Waals surface area contributed by atoms with Crippen LogP contribution in [0.15, 0.2) is 91.0 Å². The minimum Gasteiger partial charge on any atom is -0.310 e. The summed E-state index contributed by atoms with van der Waals surface area (Å²) in [6, 6.07) is 27.2.